The summed E-state index contributed by atoms with van der Waals surface area (Å²) in [7, 11) is 1.83. The van der Waals surface area contributed by atoms with Crippen molar-refractivity contribution in [3.8, 4) is 0 Å². The number of thioether (sulfide) groups is 1. The zero-order valence-electron chi connectivity index (χ0n) is 13.0. The van der Waals surface area contributed by atoms with Crippen LogP contribution in [-0.4, -0.2) is 51.4 Å². The van der Waals surface area contributed by atoms with Gasteiger partial charge in [-0.05, 0) is 38.4 Å². The first kappa shape index (κ1) is 16.1. The summed E-state index contributed by atoms with van der Waals surface area (Å²) in [5.74, 6) is 2.20. The molecule has 0 amide bonds. The van der Waals surface area contributed by atoms with Crippen LogP contribution in [0.25, 0.3) is 0 Å². The van der Waals surface area contributed by atoms with Crippen molar-refractivity contribution in [1.82, 2.24) is 25.4 Å². The van der Waals surface area contributed by atoms with E-state index in [0.29, 0.717) is 4.75 Å². The summed E-state index contributed by atoms with van der Waals surface area (Å²) >= 11 is 2.07. The van der Waals surface area contributed by atoms with Crippen molar-refractivity contribution < 1.29 is 0 Å². The summed E-state index contributed by atoms with van der Waals surface area (Å²) in [4.78, 5) is 4.29. The van der Waals surface area contributed by atoms with E-state index in [9.17, 15) is 0 Å². The molecule has 0 radical (unpaired) electrons. The maximum Gasteiger partial charge on any atom is 0.191 e. The van der Waals surface area contributed by atoms with Gasteiger partial charge in [0, 0.05) is 31.4 Å². The molecule has 2 heterocycles. The average Bonchev–Trinajstić information content (AvgIpc) is 3.14. The second-order valence-corrected chi connectivity index (χ2v) is 7.34. The zero-order valence-corrected chi connectivity index (χ0v) is 13.8. The number of aromatic nitrogens is 3. The van der Waals surface area contributed by atoms with E-state index >= 15 is 0 Å². The molecule has 1 saturated heterocycles. The lowest BCUT2D eigenvalue weighted by Gasteiger charge is -2.24. The Labute approximate surface area is 131 Å². The molecule has 118 valence electrons. The fourth-order valence-corrected chi connectivity index (χ4v) is 3.68. The highest BCUT2D eigenvalue weighted by Crippen LogP contribution is 2.36. The van der Waals surface area contributed by atoms with Crippen LogP contribution in [0.2, 0.25) is 0 Å². The van der Waals surface area contributed by atoms with Crippen LogP contribution in [-0.2, 0) is 6.54 Å². The summed E-state index contributed by atoms with van der Waals surface area (Å²) in [5, 5.41) is 14.4. The molecule has 1 aromatic rings. The first-order valence-electron chi connectivity index (χ1n) is 7.63. The van der Waals surface area contributed by atoms with Crippen molar-refractivity contribution in [2.75, 3.05) is 25.9 Å². The van der Waals surface area contributed by atoms with Crippen LogP contribution in [0, 0.1) is 0 Å². The van der Waals surface area contributed by atoms with Crippen LogP contribution in [0.1, 0.15) is 32.6 Å². The summed E-state index contributed by atoms with van der Waals surface area (Å²) in [6.07, 6.45) is 8.35. The Morgan fingerprint density at radius 1 is 1.33 bits per heavy atom. The molecule has 0 aromatic carbocycles. The van der Waals surface area contributed by atoms with Crippen molar-refractivity contribution in [3.63, 3.8) is 0 Å². The predicted molar refractivity (Wildman–Crippen MR) is 88.7 cm³/mol. The van der Waals surface area contributed by atoms with Crippen molar-refractivity contribution >= 4 is 17.7 Å². The topological polar surface area (TPSA) is 67.1 Å². The van der Waals surface area contributed by atoms with Gasteiger partial charge in [-0.25, -0.2) is 0 Å². The lowest BCUT2D eigenvalue weighted by atomic mass is 10.1. The Morgan fingerprint density at radius 3 is 2.81 bits per heavy atom. The van der Waals surface area contributed by atoms with E-state index in [4.69, 9.17) is 0 Å². The number of nitrogens with one attached hydrogen (secondary N) is 2. The number of hydrogen-bond acceptors (Lipinski definition) is 4. The highest BCUT2D eigenvalue weighted by Gasteiger charge is 2.29. The molecule has 1 aromatic heterocycles. The van der Waals surface area contributed by atoms with Crippen LogP contribution in [0.5, 0.6) is 0 Å². The molecule has 1 unspecified atom stereocenters. The Kier molecular flexibility index (Phi) is 6.35. The summed E-state index contributed by atoms with van der Waals surface area (Å²) in [6.45, 7) is 5.23. The quantitative estimate of drug-likeness (QED) is 0.454. The standard InChI is InChI=1S/C14H26N6S/c1-14(6-5-9-21-14)10-17-13(15-2)16-7-3-4-8-20-11-18-19-12-20/h11-12H,3-10H2,1-2H3,(H2,15,16,17). The van der Waals surface area contributed by atoms with Crippen LogP contribution < -0.4 is 10.6 Å². The Morgan fingerprint density at radius 2 is 2.14 bits per heavy atom. The van der Waals surface area contributed by atoms with Crippen molar-refractivity contribution in [1.29, 1.82) is 0 Å². The molecule has 2 N–H and O–H groups in total. The summed E-state index contributed by atoms with van der Waals surface area (Å²) in [6, 6.07) is 0. The smallest absolute Gasteiger partial charge is 0.191 e. The summed E-state index contributed by atoms with van der Waals surface area (Å²) in [5.41, 5.74) is 0. The van der Waals surface area contributed by atoms with E-state index < -0.39 is 0 Å². The minimum absolute atomic E-state index is 0.367. The molecule has 0 aliphatic carbocycles. The third-order valence-electron chi connectivity index (χ3n) is 3.76. The molecule has 1 aliphatic rings. The Balaban J connectivity index is 1.57. The van der Waals surface area contributed by atoms with Gasteiger partial charge in [0.15, 0.2) is 5.96 Å². The number of aliphatic imine (C=N–C) groups is 1. The van der Waals surface area contributed by atoms with Gasteiger partial charge in [-0.15, -0.1) is 10.2 Å². The molecule has 0 spiro atoms. The van der Waals surface area contributed by atoms with Crippen LogP contribution in [0.3, 0.4) is 0 Å². The molecule has 6 nitrogen and oxygen atoms in total. The van der Waals surface area contributed by atoms with E-state index in [-0.39, 0.29) is 0 Å². The van der Waals surface area contributed by atoms with E-state index in [0.717, 1.165) is 38.4 Å². The first-order valence-corrected chi connectivity index (χ1v) is 8.61. The van der Waals surface area contributed by atoms with Crippen molar-refractivity contribution in [3.05, 3.63) is 12.7 Å². The molecule has 2 rings (SSSR count). The Hall–Kier alpha value is -1.24. The van der Waals surface area contributed by atoms with Crippen LogP contribution >= 0.6 is 11.8 Å². The lowest BCUT2D eigenvalue weighted by molar-refractivity contribution is 0.575. The van der Waals surface area contributed by atoms with Crippen LogP contribution in [0.4, 0.5) is 0 Å². The van der Waals surface area contributed by atoms with Gasteiger partial charge in [-0.2, -0.15) is 11.8 Å². The van der Waals surface area contributed by atoms with Crippen LogP contribution in [0.15, 0.2) is 17.6 Å². The van der Waals surface area contributed by atoms with Gasteiger partial charge < -0.3 is 15.2 Å². The molecule has 7 heteroatoms. The van der Waals surface area contributed by atoms with Gasteiger partial charge in [-0.3, -0.25) is 4.99 Å². The molecule has 1 aliphatic heterocycles. The number of guanidine groups is 1. The average molecular weight is 310 g/mol. The van der Waals surface area contributed by atoms with E-state index in [2.05, 4.69) is 44.5 Å². The predicted octanol–water partition coefficient (Wildman–Crippen LogP) is 1.51. The minimum Gasteiger partial charge on any atom is -0.356 e. The van der Waals surface area contributed by atoms with Gasteiger partial charge in [0.2, 0.25) is 0 Å². The number of rotatable bonds is 7. The first-order chi connectivity index (χ1) is 10.2. The van der Waals surface area contributed by atoms with Gasteiger partial charge in [0.25, 0.3) is 0 Å². The van der Waals surface area contributed by atoms with Gasteiger partial charge in [0.05, 0.1) is 0 Å². The minimum atomic E-state index is 0.367. The van der Waals surface area contributed by atoms with E-state index in [1.807, 2.05) is 11.6 Å². The molecular weight excluding hydrogens is 284 g/mol. The second kappa shape index (κ2) is 8.26. The maximum atomic E-state index is 4.29. The molecule has 0 saturated carbocycles. The van der Waals surface area contributed by atoms with Gasteiger partial charge >= 0.3 is 0 Å². The highest BCUT2D eigenvalue weighted by atomic mass is 32.2. The zero-order chi connectivity index (χ0) is 15.0. The maximum absolute atomic E-state index is 4.29. The van der Waals surface area contributed by atoms with E-state index in [1.54, 1.807) is 12.7 Å². The largest absolute Gasteiger partial charge is 0.356 e. The number of nitrogens with zero attached hydrogens (tertiary/aromatic N) is 4. The third kappa shape index (κ3) is 5.57. The lowest BCUT2D eigenvalue weighted by Crippen LogP contribution is -2.43. The second-order valence-electron chi connectivity index (χ2n) is 5.66. The number of aryl methyl sites for hydroxylation is 1. The molecular formula is C14H26N6S. The monoisotopic (exact) mass is 310 g/mol. The van der Waals surface area contributed by atoms with Gasteiger partial charge in [0.1, 0.15) is 12.7 Å². The normalized spacial score (nSPS) is 22.5. The third-order valence-corrected chi connectivity index (χ3v) is 5.29. The van der Waals surface area contributed by atoms with Gasteiger partial charge in [-0.1, -0.05) is 0 Å². The van der Waals surface area contributed by atoms with Crippen molar-refractivity contribution in [2.24, 2.45) is 4.99 Å². The Bertz CT molecular complexity index is 425. The molecule has 1 atom stereocenters. The fourth-order valence-electron chi connectivity index (χ4n) is 2.43. The van der Waals surface area contributed by atoms with E-state index in [1.165, 1.54) is 18.6 Å². The number of unbranched alkanes of at least 4 members (excludes halogenated alkanes) is 1. The molecule has 0 bridgehead atoms. The SMILES string of the molecule is CN=C(NCCCCn1cnnc1)NCC1(C)CCCS1. The summed E-state index contributed by atoms with van der Waals surface area (Å²) < 4.78 is 2.37. The number of hydrogen-bond donors (Lipinski definition) is 2. The molecule has 21 heavy (non-hydrogen) atoms. The fraction of sp³-hybridized carbons (Fsp3) is 0.786. The highest BCUT2D eigenvalue weighted by molar-refractivity contribution is 8.00. The van der Waals surface area contributed by atoms with Crippen molar-refractivity contribution in [2.45, 2.75) is 43.9 Å². The molecule has 1 fully saturated rings.